The Morgan fingerprint density at radius 2 is 1.57 bits per heavy atom. The first kappa shape index (κ1) is 18.5. The number of nitrogens with zero attached hydrogens (tertiary/aromatic N) is 4. The van der Waals surface area contributed by atoms with Crippen LogP contribution in [-0.2, 0) is 6.54 Å². The van der Waals surface area contributed by atoms with Crippen molar-refractivity contribution in [3.05, 3.63) is 78.0 Å². The third kappa shape index (κ3) is 4.33. The Kier molecular flexibility index (Phi) is 5.56. The number of hydrogen-bond donors (Lipinski definition) is 0. The van der Waals surface area contributed by atoms with Gasteiger partial charge in [0.25, 0.3) is 0 Å². The van der Waals surface area contributed by atoms with Crippen molar-refractivity contribution in [1.82, 2.24) is 9.97 Å². The van der Waals surface area contributed by atoms with Crippen LogP contribution in [0.1, 0.15) is 31.0 Å². The second-order valence-electron chi connectivity index (χ2n) is 7.74. The molecule has 4 heteroatoms. The summed E-state index contributed by atoms with van der Waals surface area (Å²) in [7, 11) is 0. The number of rotatable bonds is 5. The standard InChI is InChI=1S/C24H28N4/c1-19-13-15-27(16-14-19)23-17-20(2)25-24(26-23)28(22-11-7-4-8-12-22)18-21-9-5-3-6-10-21/h3-12,17,19H,13-16,18H2,1-2H3. The minimum atomic E-state index is 0.741. The Morgan fingerprint density at radius 1 is 0.929 bits per heavy atom. The molecule has 2 aromatic carbocycles. The lowest BCUT2D eigenvalue weighted by Crippen LogP contribution is -2.34. The van der Waals surface area contributed by atoms with Crippen LogP contribution >= 0.6 is 0 Å². The van der Waals surface area contributed by atoms with Gasteiger partial charge in [-0.05, 0) is 43.4 Å². The van der Waals surface area contributed by atoms with Gasteiger partial charge in [0.2, 0.25) is 5.95 Å². The molecule has 1 aromatic heterocycles. The highest BCUT2D eigenvalue weighted by Gasteiger charge is 2.20. The summed E-state index contributed by atoms with van der Waals surface area (Å²) in [6, 6.07) is 23.0. The lowest BCUT2D eigenvalue weighted by Gasteiger charge is -2.32. The van der Waals surface area contributed by atoms with Gasteiger partial charge in [-0.3, -0.25) is 0 Å². The van der Waals surface area contributed by atoms with Crippen molar-refractivity contribution in [3.63, 3.8) is 0 Å². The number of aromatic nitrogens is 2. The fourth-order valence-electron chi connectivity index (χ4n) is 3.71. The van der Waals surface area contributed by atoms with E-state index in [0.717, 1.165) is 48.7 Å². The quantitative estimate of drug-likeness (QED) is 0.603. The van der Waals surface area contributed by atoms with Crippen LogP contribution in [0.15, 0.2) is 66.7 Å². The van der Waals surface area contributed by atoms with Gasteiger partial charge in [-0.1, -0.05) is 55.5 Å². The van der Waals surface area contributed by atoms with Gasteiger partial charge in [-0.15, -0.1) is 0 Å². The maximum absolute atomic E-state index is 5.00. The van der Waals surface area contributed by atoms with Crippen molar-refractivity contribution in [2.45, 2.75) is 33.2 Å². The van der Waals surface area contributed by atoms with Gasteiger partial charge in [0, 0.05) is 30.5 Å². The number of para-hydroxylation sites is 1. The summed E-state index contributed by atoms with van der Waals surface area (Å²) in [6.45, 7) is 7.28. The molecule has 28 heavy (non-hydrogen) atoms. The lowest BCUT2D eigenvalue weighted by molar-refractivity contribution is 0.436. The summed E-state index contributed by atoms with van der Waals surface area (Å²) in [5.41, 5.74) is 3.35. The van der Waals surface area contributed by atoms with E-state index in [2.05, 4.69) is 84.3 Å². The molecule has 0 saturated carbocycles. The molecule has 0 aliphatic carbocycles. The molecule has 0 unspecified atom stereocenters. The number of aryl methyl sites for hydroxylation is 1. The Bertz CT molecular complexity index is 887. The van der Waals surface area contributed by atoms with E-state index in [4.69, 9.17) is 9.97 Å². The SMILES string of the molecule is Cc1cc(N2CCC(C)CC2)nc(N(Cc2ccccc2)c2ccccc2)n1. The van der Waals surface area contributed by atoms with Crippen molar-refractivity contribution in [3.8, 4) is 0 Å². The van der Waals surface area contributed by atoms with E-state index in [1.54, 1.807) is 0 Å². The molecule has 0 bridgehead atoms. The minimum Gasteiger partial charge on any atom is -0.356 e. The first-order valence-corrected chi connectivity index (χ1v) is 10.2. The molecule has 1 aliphatic heterocycles. The average molecular weight is 373 g/mol. The van der Waals surface area contributed by atoms with Crippen LogP contribution in [0.25, 0.3) is 0 Å². The van der Waals surface area contributed by atoms with Crippen LogP contribution in [0.4, 0.5) is 17.5 Å². The molecule has 1 fully saturated rings. The average Bonchev–Trinajstić information content (AvgIpc) is 2.73. The van der Waals surface area contributed by atoms with E-state index >= 15 is 0 Å². The molecule has 2 heterocycles. The predicted molar refractivity (Wildman–Crippen MR) is 116 cm³/mol. The molecular formula is C24H28N4. The molecule has 4 rings (SSSR count). The van der Waals surface area contributed by atoms with E-state index in [0.29, 0.717) is 0 Å². The van der Waals surface area contributed by atoms with Crippen molar-refractivity contribution >= 4 is 17.5 Å². The van der Waals surface area contributed by atoms with E-state index in [1.165, 1.54) is 18.4 Å². The van der Waals surface area contributed by atoms with Crippen LogP contribution in [-0.4, -0.2) is 23.1 Å². The Balaban J connectivity index is 1.69. The Labute approximate surface area is 167 Å². The summed E-state index contributed by atoms with van der Waals surface area (Å²) in [4.78, 5) is 14.4. The second kappa shape index (κ2) is 8.42. The summed E-state index contributed by atoms with van der Waals surface area (Å²) in [5.74, 6) is 2.62. The fourth-order valence-corrected chi connectivity index (χ4v) is 3.71. The summed E-state index contributed by atoms with van der Waals surface area (Å²) in [5, 5.41) is 0. The number of anilines is 3. The zero-order chi connectivity index (χ0) is 19.3. The van der Waals surface area contributed by atoms with E-state index in [9.17, 15) is 0 Å². The molecule has 1 saturated heterocycles. The fraction of sp³-hybridized carbons (Fsp3) is 0.333. The van der Waals surface area contributed by atoms with Crippen molar-refractivity contribution < 1.29 is 0 Å². The molecule has 0 spiro atoms. The molecule has 144 valence electrons. The Hall–Kier alpha value is -2.88. The number of benzene rings is 2. The smallest absolute Gasteiger partial charge is 0.232 e. The zero-order valence-corrected chi connectivity index (χ0v) is 16.8. The minimum absolute atomic E-state index is 0.741. The monoisotopic (exact) mass is 372 g/mol. The van der Waals surface area contributed by atoms with Gasteiger partial charge in [0.15, 0.2) is 0 Å². The number of hydrogen-bond acceptors (Lipinski definition) is 4. The van der Waals surface area contributed by atoms with Crippen LogP contribution in [0.3, 0.4) is 0 Å². The van der Waals surface area contributed by atoms with Crippen LogP contribution < -0.4 is 9.80 Å². The highest BCUT2D eigenvalue weighted by atomic mass is 15.3. The normalized spacial score (nSPS) is 14.9. The van der Waals surface area contributed by atoms with Crippen molar-refractivity contribution in [1.29, 1.82) is 0 Å². The molecule has 1 aliphatic rings. The molecular weight excluding hydrogens is 344 g/mol. The predicted octanol–water partition coefficient (Wildman–Crippen LogP) is 5.36. The first-order chi connectivity index (χ1) is 13.7. The maximum Gasteiger partial charge on any atom is 0.232 e. The van der Waals surface area contributed by atoms with Crippen LogP contribution in [0.5, 0.6) is 0 Å². The molecule has 0 N–H and O–H groups in total. The van der Waals surface area contributed by atoms with Crippen molar-refractivity contribution in [2.75, 3.05) is 22.9 Å². The van der Waals surface area contributed by atoms with E-state index in [-0.39, 0.29) is 0 Å². The van der Waals surface area contributed by atoms with Gasteiger partial charge in [0.1, 0.15) is 5.82 Å². The van der Waals surface area contributed by atoms with Gasteiger partial charge < -0.3 is 9.80 Å². The Morgan fingerprint density at radius 3 is 2.25 bits per heavy atom. The maximum atomic E-state index is 5.00. The summed E-state index contributed by atoms with van der Waals surface area (Å²) in [6.07, 6.45) is 2.45. The van der Waals surface area contributed by atoms with Crippen LogP contribution in [0.2, 0.25) is 0 Å². The van der Waals surface area contributed by atoms with E-state index < -0.39 is 0 Å². The molecule has 0 atom stereocenters. The second-order valence-corrected chi connectivity index (χ2v) is 7.74. The third-order valence-corrected chi connectivity index (χ3v) is 5.43. The zero-order valence-electron chi connectivity index (χ0n) is 16.8. The molecule has 0 radical (unpaired) electrons. The summed E-state index contributed by atoms with van der Waals surface area (Å²) >= 11 is 0. The highest BCUT2D eigenvalue weighted by molar-refractivity contribution is 5.59. The molecule has 0 amide bonds. The van der Waals surface area contributed by atoms with E-state index in [1.807, 2.05) is 6.07 Å². The van der Waals surface area contributed by atoms with Crippen molar-refractivity contribution in [2.24, 2.45) is 5.92 Å². The first-order valence-electron chi connectivity index (χ1n) is 10.2. The summed E-state index contributed by atoms with van der Waals surface area (Å²) < 4.78 is 0. The van der Waals surface area contributed by atoms with Gasteiger partial charge in [-0.25, -0.2) is 4.98 Å². The lowest BCUT2D eigenvalue weighted by atomic mass is 9.99. The molecule has 4 nitrogen and oxygen atoms in total. The highest BCUT2D eigenvalue weighted by Crippen LogP contribution is 2.28. The molecule has 3 aromatic rings. The number of piperidine rings is 1. The van der Waals surface area contributed by atoms with Gasteiger partial charge >= 0.3 is 0 Å². The topological polar surface area (TPSA) is 32.3 Å². The third-order valence-electron chi connectivity index (χ3n) is 5.43. The van der Waals surface area contributed by atoms with Gasteiger partial charge in [-0.2, -0.15) is 4.98 Å². The van der Waals surface area contributed by atoms with Gasteiger partial charge in [0.05, 0.1) is 6.54 Å². The largest absolute Gasteiger partial charge is 0.356 e. The van der Waals surface area contributed by atoms with Crippen LogP contribution in [0, 0.1) is 12.8 Å².